The highest BCUT2D eigenvalue weighted by molar-refractivity contribution is 6.00. The molecule has 1 aliphatic heterocycles. The predicted octanol–water partition coefficient (Wildman–Crippen LogP) is 3.29. The molecule has 0 spiro atoms. The van der Waals surface area contributed by atoms with Crippen molar-refractivity contribution in [3.63, 3.8) is 0 Å². The van der Waals surface area contributed by atoms with Gasteiger partial charge in [0.25, 0.3) is 5.91 Å². The van der Waals surface area contributed by atoms with Gasteiger partial charge in [-0.3, -0.25) is 9.69 Å². The third-order valence-corrected chi connectivity index (χ3v) is 5.35. The van der Waals surface area contributed by atoms with E-state index in [-0.39, 0.29) is 17.6 Å². The van der Waals surface area contributed by atoms with E-state index in [9.17, 15) is 14.7 Å². The zero-order valence-corrected chi connectivity index (χ0v) is 15.9. The first-order valence-electron chi connectivity index (χ1n) is 9.48. The summed E-state index contributed by atoms with van der Waals surface area (Å²) in [6.45, 7) is 5.95. The average Bonchev–Trinajstić information content (AvgIpc) is 2.98. The van der Waals surface area contributed by atoms with Crippen LogP contribution in [-0.2, 0) is 0 Å². The van der Waals surface area contributed by atoms with Crippen molar-refractivity contribution < 1.29 is 14.7 Å². The number of aromatic amines is 1. The van der Waals surface area contributed by atoms with Gasteiger partial charge in [0.15, 0.2) is 0 Å². The summed E-state index contributed by atoms with van der Waals surface area (Å²) < 4.78 is 0. The molecule has 2 aromatic rings. The van der Waals surface area contributed by atoms with E-state index >= 15 is 0 Å². The van der Waals surface area contributed by atoms with Crippen LogP contribution in [0.15, 0.2) is 30.3 Å². The van der Waals surface area contributed by atoms with Crippen LogP contribution < -0.4 is 5.32 Å². The Kier molecular flexibility index (Phi) is 5.96. The number of carbonyl (C=O) groups is 2. The first-order chi connectivity index (χ1) is 13.0. The molecule has 27 heavy (non-hydrogen) atoms. The minimum atomic E-state index is -1.05. The number of aromatic carboxylic acids is 1. The van der Waals surface area contributed by atoms with Crippen molar-refractivity contribution >= 4 is 11.9 Å². The summed E-state index contributed by atoms with van der Waals surface area (Å²) in [5.41, 5.74) is 2.75. The van der Waals surface area contributed by atoms with Gasteiger partial charge in [-0.15, -0.1) is 0 Å². The Morgan fingerprint density at radius 2 is 1.81 bits per heavy atom. The molecule has 0 radical (unpaired) electrons. The second-order valence-electron chi connectivity index (χ2n) is 7.16. The predicted molar refractivity (Wildman–Crippen MR) is 104 cm³/mol. The van der Waals surface area contributed by atoms with Gasteiger partial charge in [0.1, 0.15) is 5.69 Å². The number of carboxylic acids is 1. The number of rotatable bonds is 6. The van der Waals surface area contributed by atoms with Gasteiger partial charge in [-0.05, 0) is 50.9 Å². The fourth-order valence-corrected chi connectivity index (χ4v) is 3.95. The Morgan fingerprint density at radius 3 is 2.41 bits per heavy atom. The van der Waals surface area contributed by atoms with Crippen molar-refractivity contribution in [3.05, 3.63) is 58.4 Å². The van der Waals surface area contributed by atoms with Gasteiger partial charge >= 0.3 is 5.97 Å². The van der Waals surface area contributed by atoms with E-state index in [4.69, 9.17) is 0 Å². The summed E-state index contributed by atoms with van der Waals surface area (Å²) in [4.78, 5) is 29.3. The number of amides is 1. The van der Waals surface area contributed by atoms with Crippen molar-refractivity contribution in [3.8, 4) is 0 Å². The zero-order chi connectivity index (χ0) is 19.4. The third-order valence-electron chi connectivity index (χ3n) is 5.35. The van der Waals surface area contributed by atoms with Gasteiger partial charge in [-0.25, -0.2) is 4.79 Å². The summed E-state index contributed by atoms with van der Waals surface area (Å²) in [7, 11) is 0. The molecule has 1 aromatic heterocycles. The van der Waals surface area contributed by atoms with Crippen molar-refractivity contribution in [2.75, 3.05) is 19.6 Å². The molecule has 1 atom stereocenters. The maximum absolute atomic E-state index is 12.8. The molecule has 6 nitrogen and oxygen atoms in total. The fraction of sp³-hybridized carbons (Fsp3) is 0.429. The Hall–Kier alpha value is -2.60. The number of piperidine rings is 1. The Balaban J connectivity index is 1.77. The SMILES string of the molecule is Cc1[nH]c(C(=O)O)c(C)c1C(=O)NC[C@H](c1ccccc1)N1CCCCC1. The molecular formula is C21H27N3O3. The quantitative estimate of drug-likeness (QED) is 0.729. The van der Waals surface area contributed by atoms with Crippen molar-refractivity contribution in [1.29, 1.82) is 0 Å². The summed E-state index contributed by atoms with van der Waals surface area (Å²) in [5, 5.41) is 12.3. The molecule has 1 amide bonds. The first-order valence-corrected chi connectivity index (χ1v) is 9.48. The van der Waals surface area contributed by atoms with E-state index in [2.05, 4.69) is 27.3 Å². The minimum absolute atomic E-state index is 0.0771. The number of carboxylic acid groups (broad SMARTS) is 1. The normalized spacial score (nSPS) is 16.1. The molecule has 0 bridgehead atoms. The van der Waals surface area contributed by atoms with Crippen LogP contribution in [0.2, 0.25) is 0 Å². The Bertz CT molecular complexity index is 808. The molecule has 1 fully saturated rings. The topological polar surface area (TPSA) is 85.4 Å². The standard InChI is InChI=1S/C21H27N3O3/c1-14-18(15(2)23-19(14)21(26)27)20(25)22-13-17(16-9-5-3-6-10-16)24-11-7-4-8-12-24/h3,5-6,9-10,17,23H,4,7-8,11-13H2,1-2H3,(H,22,25)(H,26,27)/t17-/m1/s1. The lowest BCUT2D eigenvalue weighted by Gasteiger charge is -2.35. The molecule has 144 valence electrons. The number of carbonyl (C=O) groups excluding carboxylic acids is 1. The van der Waals surface area contributed by atoms with E-state index in [0.717, 1.165) is 13.1 Å². The molecular weight excluding hydrogens is 342 g/mol. The van der Waals surface area contributed by atoms with Crippen LogP contribution in [0.4, 0.5) is 0 Å². The molecule has 0 unspecified atom stereocenters. The molecule has 0 saturated carbocycles. The van der Waals surface area contributed by atoms with Crippen LogP contribution in [-0.4, -0.2) is 46.5 Å². The molecule has 1 saturated heterocycles. The molecule has 0 aliphatic carbocycles. The molecule has 3 rings (SSSR count). The number of aryl methyl sites for hydroxylation is 1. The lowest BCUT2D eigenvalue weighted by molar-refractivity contribution is 0.0690. The summed E-state index contributed by atoms with van der Waals surface area (Å²) >= 11 is 0. The molecule has 1 aromatic carbocycles. The number of nitrogens with zero attached hydrogens (tertiary/aromatic N) is 1. The van der Waals surface area contributed by atoms with Gasteiger partial charge in [0, 0.05) is 12.2 Å². The number of benzene rings is 1. The van der Waals surface area contributed by atoms with Crippen LogP contribution in [0, 0.1) is 13.8 Å². The van der Waals surface area contributed by atoms with E-state index in [1.807, 2.05) is 18.2 Å². The number of hydrogen-bond donors (Lipinski definition) is 3. The number of hydrogen-bond acceptors (Lipinski definition) is 3. The highest BCUT2D eigenvalue weighted by Gasteiger charge is 2.25. The van der Waals surface area contributed by atoms with Crippen LogP contribution in [0.25, 0.3) is 0 Å². The Labute approximate surface area is 159 Å². The minimum Gasteiger partial charge on any atom is -0.477 e. The van der Waals surface area contributed by atoms with E-state index in [0.29, 0.717) is 23.4 Å². The van der Waals surface area contributed by atoms with Crippen LogP contribution in [0.5, 0.6) is 0 Å². The zero-order valence-electron chi connectivity index (χ0n) is 15.9. The van der Waals surface area contributed by atoms with Crippen molar-refractivity contribution in [2.45, 2.75) is 39.2 Å². The summed E-state index contributed by atoms with van der Waals surface area (Å²) in [5.74, 6) is -1.28. The average molecular weight is 369 g/mol. The molecule has 6 heteroatoms. The second kappa shape index (κ2) is 8.39. The van der Waals surface area contributed by atoms with Gasteiger partial charge in [0.05, 0.1) is 11.6 Å². The second-order valence-corrected chi connectivity index (χ2v) is 7.16. The van der Waals surface area contributed by atoms with E-state index in [1.165, 1.54) is 24.8 Å². The van der Waals surface area contributed by atoms with Gasteiger partial charge in [-0.1, -0.05) is 36.8 Å². The van der Waals surface area contributed by atoms with Gasteiger partial charge in [0.2, 0.25) is 0 Å². The number of likely N-dealkylation sites (tertiary alicyclic amines) is 1. The monoisotopic (exact) mass is 369 g/mol. The van der Waals surface area contributed by atoms with Crippen LogP contribution in [0.1, 0.15) is 63.0 Å². The lowest BCUT2D eigenvalue weighted by atomic mass is 10.0. The third kappa shape index (κ3) is 4.22. The fourth-order valence-electron chi connectivity index (χ4n) is 3.95. The van der Waals surface area contributed by atoms with Crippen molar-refractivity contribution in [2.24, 2.45) is 0 Å². The molecule has 1 aliphatic rings. The number of aromatic nitrogens is 1. The van der Waals surface area contributed by atoms with Crippen molar-refractivity contribution in [1.82, 2.24) is 15.2 Å². The number of nitrogens with one attached hydrogen (secondary N) is 2. The highest BCUT2D eigenvalue weighted by atomic mass is 16.4. The lowest BCUT2D eigenvalue weighted by Crippen LogP contribution is -2.40. The van der Waals surface area contributed by atoms with Gasteiger partial charge in [-0.2, -0.15) is 0 Å². The van der Waals surface area contributed by atoms with Gasteiger partial charge < -0.3 is 15.4 Å². The van der Waals surface area contributed by atoms with Crippen LogP contribution >= 0.6 is 0 Å². The molecule has 3 N–H and O–H groups in total. The first kappa shape index (κ1) is 19.2. The van der Waals surface area contributed by atoms with E-state index in [1.54, 1.807) is 13.8 Å². The van der Waals surface area contributed by atoms with Crippen LogP contribution in [0.3, 0.4) is 0 Å². The summed E-state index contributed by atoms with van der Waals surface area (Å²) in [6.07, 6.45) is 3.61. The van der Waals surface area contributed by atoms with E-state index < -0.39 is 5.97 Å². The largest absolute Gasteiger partial charge is 0.477 e. The summed E-state index contributed by atoms with van der Waals surface area (Å²) in [6, 6.07) is 10.4. The Morgan fingerprint density at radius 1 is 1.15 bits per heavy atom. The number of H-pyrrole nitrogens is 1. The molecule has 2 heterocycles. The highest BCUT2D eigenvalue weighted by Crippen LogP contribution is 2.24. The maximum atomic E-state index is 12.8. The smallest absolute Gasteiger partial charge is 0.352 e. The maximum Gasteiger partial charge on any atom is 0.352 e.